The molecule has 0 bridgehead atoms. The van der Waals surface area contributed by atoms with Gasteiger partial charge in [0.1, 0.15) is 10.8 Å². The summed E-state index contributed by atoms with van der Waals surface area (Å²) in [5.74, 6) is -1.48. The molecular weight excluding hydrogens is 460 g/mol. The monoisotopic (exact) mass is 490 g/mol. The number of thiophene rings is 1. The molecule has 0 spiro atoms. The van der Waals surface area contributed by atoms with Gasteiger partial charge in [-0.05, 0) is 45.4 Å². The predicted octanol–water partition coefficient (Wildman–Crippen LogP) is 3.67. The molecule has 0 saturated carbocycles. The molecule has 0 aliphatic heterocycles. The van der Waals surface area contributed by atoms with Gasteiger partial charge in [0.25, 0.3) is 11.8 Å². The van der Waals surface area contributed by atoms with E-state index in [4.69, 9.17) is 14.2 Å². The molecule has 10 heteroatoms. The Kier molecular flexibility index (Phi) is 10.5. The lowest BCUT2D eigenvalue weighted by Crippen LogP contribution is -2.30. The first-order valence-corrected chi connectivity index (χ1v) is 11.9. The standard InChI is InChI=1S/C24H30N2O7S/c1-5-26(6-2)23(29)21-16(4)20(24(30)31-7-3)22(34-21)25-18(27)15-33-19(28)13-14-32-17-11-9-8-10-12-17/h8-12H,5-7,13-15H2,1-4H3,(H,25,27). The highest BCUT2D eigenvalue weighted by Crippen LogP contribution is 2.34. The van der Waals surface area contributed by atoms with Gasteiger partial charge in [-0.3, -0.25) is 14.4 Å². The number of hydrogen-bond acceptors (Lipinski definition) is 8. The van der Waals surface area contributed by atoms with E-state index in [1.807, 2.05) is 32.0 Å². The Labute approximate surface area is 203 Å². The van der Waals surface area contributed by atoms with Gasteiger partial charge in [0.2, 0.25) is 0 Å². The predicted molar refractivity (Wildman–Crippen MR) is 128 cm³/mol. The van der Waals surface area contributed by atoms with Gasteiger partial charge in [-0.2, -0.15) is 0 Å². The number of rotatable bonds is 12. The summed E-state index contributed by atoms with van der Waals surface area (Å²) in [6.07, 6.45) is -0.0309. The average Bonchev–Trinajstić information content (AvgIpc) is 3.14. The molecule has 1 aromatic heterocycles. The number of hydrogen-bond donors (Lipinski definition) is 1. The fraction of sp³-hybridized carbons (Fsp3) is 0.417. The van der Waals surface area contributed by atoms with Crippen molar-refractivity contribution in [3.05, 3.63) is 46.3 Å². The van der Waals surface area contributed by atoms with E-state index >= 15 is 0 Å². The van der Waals surface area contributed by atoms with Gasteiger partial charge >= 0.3 is 11.9 Å². The summed E-state index contributed by atoms with van der Waals surface area (Å²) in [5.41, 5.74) is 0.559. The van der Waals surface area contributed by atoms with E-state index in [1.165, 1.54) is 0 Å². The van der Waals surface area contributed by atoms with Crippen LogP contribution < -0.4 is 10.1 Å². The lowest BCUT2D eigenvalue weighted by atomic mass is 10.1. The summed E-state index contributed by atoms with van der Waals surface area (Å²) < 4.78 is 15.5. The molecule has 0 aliphatic rings. The van der Waals surface area contributed by atoms with Crippen molar-refractivity contribution in [3.63, 3.8) is 0 Å². The molecular formula is C24H30N2O7S. The lowest BCUT2D eigenvalue weighted by Gasteiger charge is -2.18. The van der Waals surface area contributed by atoms with Gasteiger partial charge in [0, 0.05) is 13.1 Å². The van der Waals surface area contributed by atoms with Gasteiger partial charge in [0.15, 0.2) is 6.61 Å². The highest BCUT2D eigenvalue weighted by Gasteiger charge is 2.28. The fourth-order valence-corrected chi connectivity index (χ4v) is 4.24. The molecule has 184 valence electrons. The summed E-state index contributed by atoms with van der Waals surface area (Å²) in [6, 6.07) is 9.01. The van der Waals surface area contributed by atoms with Crippen LogP contribution in [0.25, 0.3) is 0 Å². The smallest absolute Gasteiger partial charge is 0.341 e. The molecule has 2 amide bonds. The number of nitrogens with zero attached hydrogens (tertiary/aromatic N) is 1. The number of nitrogens with one attached hydrogen (secondary N) is 1. The zero-order valence-electron chi connectivity index (χ0n) is 19.8. The first-order valence-electron chi connectivity index (χ1n) is 11.0. The fourth-order valence-electron chi connectivity index (χ4n) is 3.06. The summed E-state index contributed by atoms with van der Waals surface area (Å²) in [6.45, 7) is 7.75. The van der Waals surface area contributed by atoms with E-state index in [0.717, 1.165) is 11.3 Å². The van der Waals surface area contributed by atoms with Crippen LogP contribution in [0.2, 0.25) is 0 Å². The quantitative estimate of drug-likeness (QED) is 0.452. The number of carbonyl (C=O) groups excluding carboxylic acids is 4. The molecule has 2 rings (SSSR count). The molecule has 0 radical (unpaired) electrons. The van der Waals surface area contributed by atoms with Gasteiger partial charge < -0.3 is 24.4 Å². The highest BCUT2D eigenvalue weighted by molar-refractivity contribution is 7.18. The second-order valence-electron chi connectivity index (χ2n) is 7.08. The van der Waals surface area contributed by atoms with Crippen LogP contribution in [0.1, 0.15) is 52.8 Å². The van der Waals surface area contributed by atoms with Crippen LogP contribution in [0.3, 0.4) is 0 Å². The van der Waals surface area contributed by atoms with Crippen LogP contribution in [0.4, 0.5) is 5.00 Å². The highest BCUT2D eigenvalue weighted by atomic mass is 32.1. The van der Waals surface area contributed by atoms with Gasteiger partial charge in [-0.1, -0.05) is 18.2 Å². The van der Waals surface area contributed by atoms with E-state index < -0.39 is 24.5 Å². The van der Waals surface area contributed by atoms with E-state index in [1.54, 1.807) is 30.9 Å². The summed E-state index contributed by atoms with van der Waals surface area (Å²) in [5, 5.41) is 2.76. The maximum absolute atomic E-state index is 12.9. The second-order valence-corrected chi connectivity index (χ2v) is 8.10. The molecule has 0 unspecified atom stereocenters. The van der Waals surface area contributed by atoms with Gasteiger partial charge in [-0.15, -0.1) is 11.3 Å². The summed E-state index contributed by atoms with van der Waals surface area (Å²) in [4.78, 5) is 51.7. The third-order valence-electron chi connectivity index (χ3n) is 4.81. The van der Waals surface area contributed by atoms with E-state index in [-0.39, 0.29) is 36.1 Å². The zero-order valence-corrected chi connectivity index (χ0v) is 20.7. The Morgan fingerprint density at radius 3 is 2.29 bits per heavy atom. The van der Waals surface area contributed by atoms with Crippen molar-refractivity contribution in [1.29, 1.82) is 0 Å². The summed E-state index contributed by atoms with van der Waals surface area (Å²) >= 11 is 0.997. The maximum Gasteiger partial charge on any atom is 0.341 e. The third-order valence-corrected chi connectivity index (χ3v) is 6.00. The Balaban J connectivity index is 2.02. The first kappa shape index (κ1) is 26.8. The zero-order chi connectivity index (χ0) is 25.1. The van der Waals surface area contributed by atoms with Crippen molar-refractivity contribution < 1.29 is 33.4 Å². The number of carbonyl (C=O) groups is 4. The van der Waals surface area contributed by atoms with Crippen LogP contribution in [-0.4, -0.2) is 61.6 Å². The first-order chi connectivity index (χ1) is 16.3. The topological polar surface area (TPSA) is 111 Å². The van der Waals surface area contributed by atoms with Crippen molar-refractivity contribution in [3.8, 4) is 5.75 Å². The van der Waals surface area contributed by atoms with Crippen molar-refractivity contribution in [2.75, 3.05) is 38.2 Å². The Bertz CT molecular complexity index is 1000. The van der Waals surface area contributed by atoms with E-state index in [9.17, 15) is 19.2 Å². The van der Waals surface area contributed by atoms with Crippen LogP contribution in [0.15, 0.2) is 30.3 Å². The molecule has 2 aromatic rings. The Hall–Kier alpha value is -3.40. The SMILES string of the molecule is CCOC(=O)c1c(NC(=O)COC(=O)CCOc2ccccc2)sc(C(=O)N(CC)CC)c1C. The molecule has 1 heterocycles. The van der Waals surface area contributed by atoms with Crippen molar-refractivity contribution >= 4 is 40.1 Å². The third kappa shape index (κ3) is 7.31. The molecule has 0 aliphatic carbocycles. The molecule has 1 N–H and O–H groups in total. The van der Waals surface area contributed by atoms with Crippen LogP contribution in [0.5, 0.6) is 5.75 Å². The number of para-hydroxylation sites is 1. The minimum absolute atomic E-state index is 0.0309. The van der Waals surface area contributed by atoms with Crippen molar-refractivity contribution in [1.82, 2.24) is 4.90 Å². The Morgan fingerprint density at radius 2 is 1.68 bits per heavy atom. The van der Waals surface area contributed by atoms with Crippen molar-refractivity contribution in [2.24, 2.45) is 0 Å². The minimum atomic E-state index is -0.639. The number of esters is 2. The minimum Gasteiger partial charge on any atom is -0.493 e. The molecule has 9 nitrogen and oxygen atoms in total. The van der Waals surface area contributed by atoms with Crippen molar-refractivity contribution in [2.45, 2.75) is 34.1 Å². The summed E-state index contributed by atoms with van der Waals surface area (Å²) in [7, 11) is 0. The normalized spacial score (nSPS) is 10.4. The molecule has 0 atom stereocenters. The van der Waals surface area contributed by atoms with Crippen LogP contribution >= 0.6 is 11.3 Å². The number of ether oxygens (including phenoxy) is 3. The Morgan fingerprint density at radius 1 is 1.00 bits per heavy atom. The van der Waals surface area contributed by atoms with E-state index in [2.05, 4.69) is 5.32 Å². The van der Waals surface area contributed by atoms with E-state index in [0.29, 0.717) is 29.3 Å². The van der Waals surface area contributed by atoms with Crippen LogP contribution in [-0.2, 0) is 19.1 Å². The number of amides is 2. The molecule has 0 saturated heterocycles. The molecule has 1 aromatic carbocycles. The maximum atomic E-state index is 12.9. The molecule has 0 fully saturated rings. The van der Waals surface area contributed by atoms with Crippen LogP contribution in [0, 0.1) is 6.92 Å². The number of anilines is 1. The lowest BCUT2D eigenvalue weighted by molar-refractivity contribution is -0.147. The molecule has 34 heavy (non-hydrogen) atoms. The number of benzene rings is 1. The average molecular weight is 491 g/mol. The second kappa shape index (κ2) is 13.3. The largest absolute Gasteiger partial charge is 0.493 e. The van der Waals surface area contributed by atoms with Gasteiger partial charge in [-0.25, -0.2) is 4.79 Å². The van der Waals surface area contributed by atoms with Gasteiger partial charge in [0.05, 0.1) is 30.1 Å².